The van der Waals surface area contributed by atoms with Gasteiger partial charge in [-0.05, 0) is 61.4 Å². The lowest BCUT2D eigenvalue weighted by molar-refractivity contribution is -0.138. The number of benzene rings is 4. The van der Waals surface area contributed by atoms with Gasteiger partial charge in [0.2, 0.25) is 0 Å². The van der Waals surface area contributed by atoms with Crippen LogP contribution in [0.3, 0.4) is 0 Å². The molecule has 0 radical (unpaired) electrons. The molecule has 2 heterocycles. The third kappa shape index (κ3) is 7.34. The zero-order valence-corrected chi connectivity index (χ0v) is 29.4. The van der Waals surface area contributed by atoms with Crippen LogP contribution in [-0.2, 0) is 20.9 Å². The van der Waals surface area contributed by atoms with Gasteiger partial charge in [-0.2, -0.15) is 0 Å². The molecule has 10 nitrogen and oxygen atoms in total. The molecule has 0 aliphatic carbocycles. The average Bonchev–Trinajstić information content (AvgIpc) is 3.48. The van der Waals surface area contributed by atoms with E-state index in [1.165, 1.54) is 11.3 Å². The van der Waals surface area contributed by atoms with E-state index in [0.717, 1.165) is 11.1 Å². The molecule has 51 heavy (non-hydrogen) atoms. The molecule has 1 aliphatic rings. The quantitative estimate of drug-likeness (QED) is 0.152. The average molecular weight is 705 g/mol. The van der Waals surface area contributed by atoms with Crippen molar-refractivity contribution in [1.82, 2.24) is 4.57 Å². The minimum atomic E-state index is -0.831. The lowest BCUT2D eigenvalue weighted by atomic mass is 9.93. The maximum atomic E-state index is 14.4. The van der Waals surface area contributed by atoms with E-state index >= 15 is 0 Å². The van der Waals surface area contributed by atoms with E-state index < -0.39 is 18.0 Å². The monoisotopic (exact) mass is 704 g/mol. The van der Waals surface area contributed by atoms with Crippen molar-refractivity contribution in [2.45, 2.75) is 26.5 Å². The fourth-order valence-electron chi connectivity index (χ4n) is 5.75. The number of carbonyl (C=O) groups is 2. The Morgan fingerprint density at radius 1 is 0.824 bits per heavy atom. The SMILES string of the molecule is CCOC(=O)C1=C(c2ccccc2)N=c2s/c(=C\c3cccc(OC)c3OCc3ccc(C(=O)OCC)cc3)c(=O)n2[C@@H]1c1ccc(OC)cc1. The van der Waals surface area contributed by atoms with E-state index in [4.69, 9.17) is 28.7 Å². The summed E-state index contributed by atoms with van der Waals surface area (Å²) in [6.07, 6.45) is 1.74. The summed E-state index contributed by atoms with van der Waals surface area (Å²) in [7, 11) is 3.12. The molecule has 11 heteroatoms. The highest BCUT2D eigenvalue weighted by Gasteiger charge is 2.35. The van der Waals surface area contributed by atoms with Gasteiger partial charge in [0, 0.05) is 11.1 Å². The highest BCUT2D eigenvalue weighted by atomic mass is 32.1. The number of methoxy groups -OCH3 is 2. The molecule has 1 aromatic heterocycles. The molecule has 0 unspecified atom stereocenters. The van der Waals surface area contributed by atoms with Crippen molar-refractivity contribution in [2.75, 3.05) is 27.4 Å². The summed E-state index contributed by atoms with van der Waals surface area (Å²) in [5, 5.41) is 0. The molecule has 0 saturated carbocycles. The Balaban J connectivity index is 1.47. The number of nitrogens with zero attached hydrogens (tertiary/aromatic N) is 2. The van der Waals surface area contributed by atoms with Crippen LogP contribution in [0.2, 0.25) is 0 Å². The van der Waals surface area contributed by atoms with Gasteiger partial charge in [0.15, 0.2) is 16.3 Å². The lowest BCUT2D eigenvalue weighted by Gasteiger charge is -2.26. The number of hydrogen-bond donors (Lipinski definition) is 0. The Morgan fingerprint density at radius 3 is 2.20 bits per heavy atom. The summed E-state index contributed by atoms with van der Waals surface area (Å²) < 4.78 is 29.9. The van der Waals surface area contributed by atoms with E-state index in [1.54, 1.807) is 81.2 Å². The van der Waals surface area contributed by atoms with Crippen LogP contribution >= 0.6 is 11.3 Å². The van der Waals surface area contributed by atoms with Crippen LogP contribution in [-0.4, -0.2) is 43.9 Å². The Labute approximate surface area is 298 Å². The van der Waals surface area contributed by atoms with Gasteiger partial charge >= 0.3 is 11.9 Å². The van der Waals surface area contributed by atoms with Crippen molar-refractivity contribution < 1.29 is 33.3 Å². The molecule has 0 fully saturated rings. The van der Waals surface area contributed by atoms with Crippen molar-refractivity contribution in [3.05, 3.63) is 150 Å². The first kappa shape index (κ1) is 34.9. The summed E-state index contributed by atoms with van der Waals surface area (Å²) in [5.74, 6) is 0.597. The molecule has 0 saturated heterocycles. The van der Waals surface area contributed by atoms with Gasteiger partial charge in [-0.25, -0.2) is 14.6 Å². The predicted octanol–water partition coefficient (Wildman–Crippen LogP) is 5.71. The van der Waals surface area contributed by atoms with Crippen molar-refractivity contribution in [3.8, 4) is 17.2 Å². The fraction of sp³-hybridized carbons (Fsp3) is 0.200. The topological polar surface area (TPSA) is 115 Å². The van der Waals surface area contributed by atoms with Crippen LogP contribution in [0, 0.1) is 0 Å². The van der Waals surface area contributed by atoms with Crippen LogP contribution in [0.15, 0.2) is 112 Å². The third-order valence-corrected chi connectivity index (χ3v) is 9.15. The van der Waals surface area contributed by atoms with E-state index in [-0.39, 0.29) is 24.3 Å². The van der Waals surface area contributed by atoms with Crippen LogP contribution in [0.1, 0.15) is 52.5 Å². The van der Waals surface area contributed by atoms with E-state index in [9.17, 15) is 14.4 Å². The summed E-state index contributed by atoms with van der Waals surface area (Å²) in [6.45, 7) is 4.12. The van der Waals surface area contributed by atoms with Gasteiger partial charge in [-0.15, -0.1) is 0 Å². The van der Waals surface area contributed by atoms with Crippen molar-refractivity contribution in [2.24, 2.45) is 4.99 Å². The van der Waals surface area contributed by atoms with E-state index in [2.05, 4.69) is 0 Å². The first-order valence-corrected chi connectivity index (χ1v) is 17.2. The molecule has 0 amide bonds. The molecule has 260 valence electrons. The molecular weight excluding hydrogens is 669 g/mol. The van der Waals surface area contributed by atoms with Crippen molar-refractivity contribution >= 4 is 35.0 Å². The molecule has 6 rings (SSSR count). The van der Waals surface area contributed by atoms with Gasteiger partial charge in [-0.3, -0.25) is 9.36 Å². The number of hydrogen-bond acceptors (Lipinski definition) is 10. The zero-order chi connectivity index (χ0) is 35.9. The molecule has 0 spiro atoms. The minimum absolute atomic E-state index is 0.151. The molecule has 0 N–H and O–H groups in total. The van der Waals surface area contributed by atoms with Gasteiger partial charge in [0.05, 0.1) is 54.8 Å². The normalized spacial score (nSPS) is 14.0. The summed E-state index contributed by atoms with van der Waals surface area (Å²) >= 11 is 1.21. The number of ether oxygens (including phenoxy) is 5. The Morgan fingerprint density at radius 2 is 1.53 bits per heavy atom. The molecular formula is C40H36N2O8S. The summed E-state index contributed by atoms with van der Waals surface area (Å²) in [6, 6.07) is 28.2. The van der Waals surface area contributed by atoms with E-state index in [0.29, 0.717) is 55.6 Å². The molecule has 5 aromatic rings. The van der Waals surface area contributed by atoms with Crippen LogP contribution in [0.5, 0.6) is 17.2 Å². The maximum absolute atomic E-state index is 14.4. The standard InChI is InChI=1S/C40H36N2O8S/c1-5-48-38(44)28-17-15-25(16-18-28)24-50-36-29(13-10-14-31(36)47-4)23-32-37(43)42-35(27-19-21-30(46-3)22-20-27)33(39(45)49-6-2)34(41-40(42)51-32)26-11-8-7-9-12-26/h7-23,35H,5-6,24H2,1-4H3/b32-23-/t35-/m1/s1. The minimum Gasteiger partial charge on any atom is -0.497 e. The molecule has 1 aliphatic heterocycles. The number of fused-ring (bicyclic) bond motifs is 1. The number of aromatic nitrogens is 1. The van der Waals surface area contributed by atoms with Gasteiger partial charge < -0.3 is 23.7 Å². The third-order valence-electron chi connectivity index (χ3n) is 8.17. The second kappa shape index (κ2) is 15.7. The summed E-state index contributed by atoms with van der Waals surface area (Å²) in [5.41, 5.74) is 3.63. The summed E-state index contributed by atoms with van der Waals surface area (Å²) in [4.78, 5) is 45.6. The number of esters is 2. The Hall–Kier alpha value is -5.94. The van der Waals surface area contributed by atoms with Crippen LogP contribution in [0.25, 0.3) is 11.8 Å². The van der Waals surface area contributed by atoms with Crippen LogP contribution < -0.4 is 29.1 Å². The smallest absolute Gasteiger partial charge is 0.338 e. The van der Waals surface area contributed by atoms with Crippen molar-refractivity contribution in [3.63, 3.8) is 0 Å². The first-order valence-electron chi connectivity index (χ1n) is 16.3. The Bertz CT molecular complexity index is 2260. The lowest BCUT2D eigenvalue weighted by Crippen LogP contribution is -2.40. The molecule has 1 atom stereocenters. The van der Waals surface area contributed by atoms with Gasteiger partial charge in [0.25, 0.3) is 5.56 Å². The second-order valence-electron chi connectivity index (χ2n) is 11.3. The zero-order valence-electron chi connectivity index (χ0n) is 28.6. The first-order chi connectivity index (χ1) is 24.9. The number of rotatable bonds is 12. The van der Waals surface area contributed by atoms with E-state index in [1.807, 2.05) is 54.6 Å². The molecule has 4 aromatic carbocycles. The number of para-hydroxylation sites is 1. The molecule has 0 bridgehead atoms. The van der Waals surface area contributed by atoms with Crippen LogP contribution in [0.4, 0.5) is 0 Å². The highest BCUT2D eigenvalue weighted by molar-refractivity contribution is 7.07. The van der Waals surface area contributed by atoms with Gasteiger partial charge in [-0.1, -0.05) is 78.1 Å². The highest BCUT2D eigenvalue weighted by Crippen LogP contribution is 2.36. The largest absolute Gasteiger partial charge is 0.497 e. The van der Waals surface area contributed by atoms with Gasteiger partial charge in [0.1, 0.15) is 12.4 Å². The maximum Gasteiger partial charge on any atom is 0.338 e. The Kier molecular flexibility index (Phi) is 10.8. The number of thiazole rings is 1. The second-order valence-corrected chi connectivity index (χ2v) is 12.3. The predicted molar refractivity (Wildman–Crippen MR) is 194 cm³/mol. The number of carbonyl (C=O) groups excluding carboxylic acids is 2. The fourth-order valence-corrected chi connectivity index (χ4v) is 6.74. The van der Waals surface area contributed by atoms with Crippen molar-refractivity contribution in [1.29, 1.82) is 0 Å².